The predicted molar refractivity (Wildman–Crippen MR) is 87.4 cm³/mol. The Bertz CT molecular complexity index is 647. The van der Waals surface area contributed by atoms with E-state index in [4.69, 9.17) is 0 Å². The van der Waals surface area contributed by atoms with E-state index in [-0.39, 0.29) is 11.5 Å². The number of rotatable bonds is 3. The summed E-state index contributed by atoms with van der Waals surface area (Å²) in [6, 6.07) is 15.3. The first-order valence-electron chi connectivity index (χ1n) is 7.58. The monoisotopic (exact) mass is 296 g/mol. The van der Waals surface area contributed by atoms with Gasteiger partial charge in [0, 0.05) is 13.1 Å². The zero-order valence-electron chi connectivity index (χ0n) is 12.4. The van der Waals surface area contributed by atoms with Crippen molar-refractivity contribution in [1.82, 2.24) is 5.01 Å². The molecule has 1 aliphatic heterocycles. The van der Waals surface area contributed by atoms with Crippen molar-refractivity contribution in [3.05, 3.63) is 59.7 Å². The second-order valence-corrected chi connectivity index (χ2v) is 5.63. The summed E-state index contributed by atoms with van der Waals surface area (Å²) in [6.45, 7) is 1.86. The Kier molecular flexibility index (Phi) is 4.28. The lowest BCUT2D eigenvalue weighted by Crippen LogP contribution is -2.28. The Labute approximate surface area is 130 Å². The minimum Gasteiger partial charge on any atom is -0.504 e. The van der Waals surface area contributed by atoms with Crippen molar-refractivity contribution in [2.45, 2.75) is 18.8 Å². The number of phenolic OH excluding ortho intramolecular Hbond substituents is 2. The zero-order valence-corrected chi connectivity index (χ0v) is 12.4. The summed E-state index contributed by atoms with van der Waals surface area (Å²) in [6.07, 6.45) is 3.92. The van der Waals surface area contributed by atoms with Gasteiger partial charge in [-0.3, -0.25) is 5.01 Å². The van der Waals surface area contributed by atoms with Crippen LogP contribution in [0.25, 0.3) is 0 Å². The first-order valence-corrected chi connectivity index (χ1v) is 7.58. The fourth-order valence-corrected chi connectivity index (χ4v) is 2.81. The van der Waals surface area contributed by atoms with Gasteiger partial charge in [0.25, 0.3) is 0 Å². The summed E-state index contributed by atoms with van der Waals surface area (Å²) in [5.74, 6) is 0.387. The molecule has 1 saturated heterocycles. The van der Waals surface area contributed by atoms with E-state index in [2.05, 4.69) is 40.4 Å². The Hall–Kier alpha value is -2.49. The molecule has 0 saturated carbocycles. The van der Waals surface area contributed by atoms with Gasteiger partial charge in [-0.25, -0.2) is 0 Å². The van der Waals surface area contributed by atoms with Gasteiger partial charge in [0.05, 0.1) is 6.21 Å². The lowest BCUT2D eigenvalue weighted by Gasteiger charge is -2.30. The largest absolute Gasteiger partial charge is 0.504 e. The van der Waals surface area contributed by atoms with Gasteiger partial charge in [0.2, 0.25) is 0 Å². The summed E-state index contributed by atoms with van der Waals surface area (Å²) in [5.41, 5.74) is 2.19. The van der Waals surface area contributed by atoms with Crippen LogP contribution in [0.5, 0.6) is 11.5 Å². The van der Waals surface area contributed by atoms with Crippen molar-refractivity contribution < 1.29 is 10.2 Å². The third-order valence-electron chi connectivity index (χ3n) is 4.11. The molecule has 2 N–H and O–H groups in total. The minimum absolute atomic E-state index is 0.110. The fraction of sp³-hybridized carbons (Fsp3) is 0.278. The molecule has 2 aromatic carbocycles. The van der Waals surface area contributed by atoms with Crippen LogP contribution >= 0.6 is 0 Å². The first-order chi connectivity index (χ1) is 10.7. The van der Waals surface area contributed by atoms with Crippen molar-refractivity contribution in [1.29, 1.82) is 0 Å². The van der Waals surface area contributed by atoms with Crippen molar-refractivity contribution in [2.24, 2.45) is 5.10 Å². The molecule has 3 rings (SSSR count). The number of aromatic hydroxyl groups is 2. The van der Waals surface area contributed by atoms with Crippen LogP contribution in [-0.2, 0) is 0 Å². The number of hydrogen-bond donors (Lipinski definition) is 2. The zero-order chi connectivity index (χ0) is 15.4. The maximum absolute atomic E-state index is 9.47. The first kappa shape index (κ1) is 14.4. The quantitative estimate of drug-likeness (QED) is 0.675. The van der Waals surface area contributed by atoms with Crippen LogP contribution < -0.4 is 0 Å². The Morgan fingerprint density at radius 3 is 2.36 bits per heavy atom. The van der Waals surface area contributed by atoms with E-state index in [1.807, 2.05) is 0 Å². The van der Waals surface area contributed by atoms with E-state index in [1.54, 1.807) is 12.3 Å². The summed E-state index contributed by atoms with van der Waals surface area (Å²) in [7, 11) is 0. The minimum atomic E-state index is -0.119. The smallest absolute Gasteiger partial charge is 0.158 e. The lowest BCUT2D eigenvalue weighted by atomic mass is 9.90. The highest BCUT2D eigenvalue weighted by Crippen LogP contribution is 2.28. The molecule has 1 heterocycles. The Balaban J connectivity index is 1.57. The SMILES string of the molecule is Oc1ccc(C=NN2CCC(c3ccccc3)CC2)cc1O. The van der Waals surface area contributed by atoms with Crippen molar-refractivity contribution in [3.63, 3.8) is 0 Å². The molecule has 0 radical (unpaired) electrons. The van der Waals surface area contributed by atoms with Crippen molar-refractivity contribution in [3.8, 4) is 11.5 Å². The summed E-state index contributed by atoms with van der Waals surface area (Å²) >= 11 is 0. The van der Waals surface area contributed by atoms with Gasteiger partial charge >= 0.3 is 0 Å². The number of hydrogen-bond acceptors (Lipinski definition) is 4. The third kappa shape index (κ3) is 3.39. The van der Waals surface area contributed by atoms with Crippen LogP contribution in [0.2, 0.25) is 0 Å². The van der Waals surface area contributed by atoms with Gasteiger partial charge in [-0.2, -0.15) is 5.10 Å². The highest BCUT2D eigenvalue weighted by molar-refractivity contribution is 5.80. The Morgan fingerprint density at radius 1 is 0.955 bits per heavy atom. The average molecular weight is 296 g/mol. The molecule has 4 nitrogen and oxygen atoms in total. The van der Waals surface area contributed by atoms with E-state index < -0.39 is 0 Å². The number of piperidine rings is 1. The van der Waals surface area contributed by atoms with Gasteiger partial charge in [0.15, 0.2) is 11.5 Å². The summed E-state index contributed by atoms with van der Waals surface area (Å²) in [4.78, 5) is 0. The van der Waals surface area contributed by atoms with Gasteiger partial charge in [0.1, 0.15) is 0 Å². The van der Waals surface area contributed by atoms with Gasteiger partial charge in [-0.15, -0.1) is 0 Å². The van der Waals surface area contributed by atoms with Crippen molar-refractivity contribution >= 4 is 6.21 Å². The second-order valence-electron chi connectivity index (χ2n) is 5.63. The predicted octanol–water partition coefficient (Wildman–Crippen LogP) is 3.31. The highest BCUT2D eigenvalue weighted by atomic mass is 16.3. The van der Waals surface area contributed by atoms with E-state index in [1.165, 1.54) is 17.7 Å². The van der Waals surface area contributed by atoms with Gasteiger partial charge in [-0.05, 0) is 48.1 Å². The normalized spacial score (nSPS) is 16.3. The van der Waals surface area contributed by atoms with Crippen LogP contribution in [0.4, 0.5) is 0 Å². The molecule has 0 spiro atoms. The fourth-order valence-electron chi connectivity index (χ4n) is 2.81. The van der Waals surface area contributed by atoms with E-state index in [9.17, 15) is 10.2 Å². The third-order valence-corrected chi connectivity index (χ3v) is 4.11. The topological polar surface area (TPSA) is 56.1 Å². The summed E-state index contributed by atoms with van der Waals surface area (Å²) in [5, 5.41) is 25.3. The van der Waals surface area contributed by atoms with E-state index in [0.29, 0.717) is 5.92 Å². The second kappa shape index (κ2) is 6.52. The molecule has 1 aliphatic rings. The van der Waals surface area contributed by atoms with E-state index in [0.717, 1.165) is 31.5 Å². The van der Waals surface area contributed by atoms with Gasteiger partial charge in [-0.1, -0.05) is 30.3 Å². The standard InChI is InChI=1S/C18H20N2O2/c21-17-7-6-14(12-18(17)22)13-19-20-10-8-16(9-11-20)15-4-2-1-3-5-15/h1-7,12-13,16,21-22H,8-11H2. The molecule has 4 heteroatoms. The number of nitrogens with zero attached hydrogens (tertiary/aromatic N) is 2. The lowest BCUT2D eigenvalue weighted by molar-refractivity contribution is 0.222. The molecular formula is C18H20N2O2. The van der Waals surface area contributed by atoms with Gasteiger partial charge < -0.3 is 10.2 Å². The number of hydrazone groups is 1. The van der Waals surface area contributed by atoms with Crippen LogP contribution in [-0.4, -0.2) is 34.5 Å². The van der Waals surface area contributed by atoms with Crippen LogP contribution in [0.15, 0.2) is 53.6 Å². The summed E-state index contributed by atoms with van der Waals surface area (Å²) < 4.78 is 0. The molecule has 114 valence electrons. The van der Waals surface area contributed by atoms with Crippen molar-refractivity contribution in [2.75, 3.05) is 13.1 Å². The number of phenols is 2. The Morgan fingerprint density at radius 2 is 1.68 bits per heavy atom. The number of benzene rings is 2. The van der Waals surface area contributed by atoms with E-state index >= 15 is 0 Å². The van der Waals surface area contributed by atoms with Crippen LogP contribution in [0, 0.1) is 0 Å². The highest BCUT2D eigenvalue weighted by Gasteiger charge is 2.19. The maximum Gasteiger partial charge on any atom is 0.158 e. The maximum atomic E-state index is 9.47. The molecule has 0 amide bonds. The van der Waals surface area contributed by atoms with Crippen LogP contribution in [0.1, 0.15) is 29.9 Å². The molecule has 1 fully saturated rings. The molecule has 22 heavy (non-hydrogen) atoms. The molecule has 0 atom stereocenters. The molecule has 0 unspecified atom stereocenters. The molecular weight excluding hydrogens is 276 g/mol. The molecule has 0 bridgehead atoms. The molecule has 0 aliphatic carbocycles. The molecule has 0 aromatic heterocycles. The van der Waals surface area contributed by atoms with Crippen LogP contribution in [0.3, 0.4) is 0 Å². The molecule has 2 aromatic rings. The average Bonchev–Trinajstić information content (AvgIpc) is 2.57.